The summed E-state index contributed by atoms with van der Waals surface area (Å²) in [4.78, 5) is 15.7. The summed E-state index contributed by atoms with van der Waals surface area (Å²) >= 11 is 0. The third-order valence-electron chi connectivity index (χ3n) is 2.48. The lowest BCUT2D eigenvalue weighted by atomic mass is 10.2. The van der Waals surface area contributed by atoms with Gasteiger partial charge >= 0.3 is 0 Å². The van der Waals surface area contributed by atoms with E-state index in [4.69, 9.17) is 0 Å². The van der Waals surface area contributed by atoms with Gasteiger partial charge in [-0.15, -0.1) is 0 Å². The summed E-state index contributed by atoms with van der Waals surface area (Å²) in [5.74, 6) is 0.484. The van der Waals surface area contributed by atoms with E-state index in [0.29, 0.717) is 11.5 Å². The first-order chi connectivity index (χ1) is 7.08. The van der Waals surface area contributed by atoms with Crippen LogP contribution in [-0.2, 0) is 0 Å². The molecule has 0 N–H and O–H groups in total. The van der Waals surface area contributed by atoms with E-state index in [1.54, 1.807) is 6.92 Å². The van der Waals surface area contributed by atoms with Gasteiger partial charge in [0.2, 0.25) is 0 Å². The normalized spacial score (nSPS) is 11.2. The number of carbonyl (C=O) groups excluding carboxylic acids is 1. The topological polar surface area (TPSA) is 34.4 Å². The van der Waals surface area contributed by atoms with E-state index < -0.39 is 0 Å². The highest BCUT2D eigenvalue weighted by Gasteiger charge is 2.07. The number of carbonyl (C=O) groups is 1. The molecule has 3 heteroatoms. The lowest BCUT2D eigenvalue weighted by molar-refractivity contribution is 0.101. The number of ketones is 1. The SMILES string of the molecule is CC(=O)c1ccn2cc(C(C)C)nc2c1. The van der Waals surface area contributed by atoms with Crippen molar-refractivity contribution in [3.8, 4) is 0 Å². The minimum absolute atomic E-state index is 0.0756. The van der Waals surface area contributed by atoms with Gasteiger partial charge in [0, 0.05) is 18.0 Å². The number of hydrogen-bond acceptors (Lipinski definition) is 2. The quantitative estimate of drug-likeness (QED) is 0.701. The Labute approximate surface area is 88.8 Å². The Balaban J connectivity index is 2.57. The minimum atomic E-state index is 0.0756. The van der Waals surface area contributed by atoms with Crippen LogP contribution in [0, 0.1) is 0 Å². The van der Waals surface area contributed by atoms with Gasteiger partial charge in [-0.05, 0) is 25.0 Å². The Bertz CT molecular complexity index is 511. The van der Waals surface area contributed by atoms with Crippen molar-refractivity contribution in [3.63, 3.8) is 0 Å². The van der Waals surface area contributed by atoms with Crippen LogP contribution in [0.25, 0.3) is 5.65 Å². The molecular weight excluding hydrogens is 188 g/mol. The number of hydrogen-bond donors (Lipinski definition) is 0. The van der Waals surface area contributed by atoms with Gasteiger partial charge in [-0.3, -0.25) is 4.79 Å². The molecule has 0 radical (unpaired) electrons. The molecule has 15 heavy (non-hydrogen) atoms. The van der Waals surface area contributed by atoms with Crippen LogP contribution >= 0.6 is 0 Å². The zero-order chi connectivity index (χ0) is 11.0. The molecule has 0 saturated carbocycles. The van der Waals surface area contributed by atoms with Gasteiger partial charge in [0.05, 0.1) is 5.69 Å². The zero-order valence-electron chi connectivity index (χ0n) is 9.19. The van der Waals surface area contributed by atoms with Crippen LogP contribution in [0.2, 0.25) is 0 Å². The van der Waals surface area contributed by atoms with Crippen molar-refractivity contribution in [2.24, 2.45) is 0 Å². The van der Waals surface area contributed by atoms with E-state index in [0.717, 1.165) is 11.3 Å². The smallest absolute Gasteiger partial charge is 0.159 e. The third-order valence-corrected chi connectivity index (χ3v) is 2.48. The molecule has 0 fully saturated rings. The molecule has 0 saturated heterocycles. The first kappa shape index (κ1) is 9.90. The molecule has 2 aromatic heterocycles. The van der Waals surface area contributed by atoms with Crippen LogP contribution in [0.3, 0.4) is 0 Å². The number of nitrogens with zero attached hydrogens (tertiary/aromatic N) is 2. The van der Waals surface area contributed by atoms with Crippen molar-refractivity contribution < 1.29 is 4.79 Å². The maximum absolute atomic E-state index is 11.2. The Kier molecular flexibility index (Phi) is 2.31. The van der Waals surface area contributed by atoms with Crippen LogP contribution < -0.4 is 0 Å². The molecule has 0 amide bonds. The van der Waals surface area contributed by atoms with Crippen molar-refractivity contribution in [3.05, 3.63) is 35.8 Å². The number of rotatable bonds is 2. The Hall–Kier alpha value is -1.64. The molecule has 2 heterocycles. The molecule has 0 spiro atoms. The van der Waals surface area contributed by atoms with Gasteiger partial charge in [-0.1, -0.05) is 13.8 Å². The second kappa shape index (κ2) is 3.50. The highest BCUT2D eigenvalue weighted by molar-refractivity contribution is 5.94. The molecule has 0 aliphatic heterocycles. The van der Waals surface area contributed by atoms with Gasteiger partial charge in [0.1, 0.15) is 5.65 Å². The van der Waals surface area contributed by atoms with E-state index in [2.05, 4.69) is 18.8 Å². The van der Waals surface area contributed by atoms with Crippen LogP contribution in [0.15, 0.2) is 24.5 Å². The van der Waals surface area contributed by atoms with E-state index >= 15 is 0 Å². The summed E-state index contributed by atoms with van der Waals surface area (Å²) in [6.45, 7) is 5.78. The lowest BCUT2D eigenvalue weighted by Crippen LogP contribution is -1.93. The Morgan fingerprint density at radius 2 is 2.20 bits per heavy atom. The molecule has 0 aromatic carbocycles. The van der Waals surface area contributed by atoms with Crippen molar-refractivity contribution in [1.29, 1.82) is 0 Å². The average Bonchev–Trinajstić information content (AvgIpc) is 2.59. The van der Waals surface area contributed by atoms with Crippen molar-refractivity contribution in [2.45, 2.75) is 26.7 Å². The second-order valence-electron chi connectivity index (χ2n) is 4.06. The Morgan fingerprint density at radius 3 is 2.80 bits per heavy atom. The number of fused-ring (bicyclic) bond motifs is 1. The number of Topliss-reactive ketones (excluding diaryl/α,β-unsaturated/α-hetero) is 1. The van der Waals surface area contributed by atoms with Crippen LogP contribution in [0.1, 0.15) is 42.7 Å². The predicted molar refractivity (Wildman–Crippen MR) is 59.3 cm³/mol. The fourth-order valence-corrected chi connectivity index (χ4v) is 1.50. The fraction of sp³-hybridized carbons (Fsp3) is 0.333. The van der Waals surface area contributed by atoms with Crippen molar-refractivity contribution in [1.82, 2.24) is 9.38 Å². The second-order valence-corrected chi connectivity index (χ2v) is 4.06. The predicted octanol–water partition coefficient (Wildman–Crippen LogP) is 2.66. The average molecular weight is 202 g/mol. The summed E-state index contributed by atoms with van der Waals surface area (Å²) in [5.41, 5.74) is 2.60. The molecule has 0 aliphatic rings. The van der Waals surface area contributed by atoms with Crippen LogP contribution in [0.5, 0.6) is 0 Å². The molecule has 78 valence electrons. The molecule has 0 unspecified atom stereocenters. The van der Waals surface area contributed by atoms with Crippen LogP contribution in [0.4, 0.5) is 0 Å². The van der Waals surface area contributed by atoms with Gasteiger partial charge in [0.15, 0.2) is 5.78 Å². The molecule has 2 rings (SSSR count). The highest BCUT2D eigenvalue weighted by atomic mass is 16.1. The van der Waals surface area contributed by atoms with E-state index in [1.165, 1.54) is 0 Å². The van der Waals surface area contributed by atoms with Gasteiger partial charge in [-0.2, -0.15) is 0 Å². The molecular formula is C12H14N2O. The number of pyridine rings is 1. The first-order valence-electron chi connectivity index (χ1n) is 5.07. The van der Waals surface area contributed by atoms with E-state index in [9.17, 15) is 4.79 Å². The van der Waals surface area contributed by atoms with E-state index in [-0.39, 0.29) is 5.78 Å². The van der Waals surface area contributed by atoms with Gasteiger partial charge in [-0.25, -0.2) is 4.98 Å². The zero-order valence-corrected chi connectivity index (χ0v) is 9.19. The van der Waals surface area contributed by atoms with Gasteiger partial charge < -0.3 is 4.40 Å². The summed E-state index contributed by atoms with van der Waals surface area (Å²) in [6, 6.07) is 3.65. The van der Waals surface area contributed by atoms with Crippen LogP contribution in [-0.4, -0.2) is 15.2 Å². The monoisotopic (exact) mass is 202 g/mol. The fourth-order valence-electron chi connectivity index (χ4n) is 1.50. The molecule has 0 aliphatic carbocycles. The molecule has 0 atom stereocenters. The van der Waals surface area contributed by atoms with Crippen molar-refractivity contribution in [2.75, 3.05) is 0 Å². The standard InChI is InChI=1S/C12H14N2O/c1-8(2)11-7-14-5-4-10(9(3)15)6-12(14)13-11/h4-8H,1-3H3. The van der Waals surface area contributed by atoms with Gasteiger partial charge in [0.25, 0.3) is 0 Å². The summed E-state index contributed by atoms with van der Waals surface area (Å²) < 4.78 is 1.95. The lowest BCUT2D eigenvalue weighted by Gasteiger charge is -1.95. The maximum Gasteiger partial charge on any atom is 0.159 e. The summed E-state index contributed by atoms with van der Waals surface area (Å²) in [7, 11) is 0. The molecule has 0 bridgehead atoms. The molecule has 3 nitrogen and oxygen atoms in total. The number of imidazole rings is 1. The van der Waals surface area contributed by atoms with Crippen molar-refractivity contribution >= 4 is 11.4 Å². The summed E-state index contributed by atoms with van der Waals surface area (Å²) in [6.07, 6.45) is 3.88. The largest absolute Gasteiger partial charge is 0.307 e. The summed E-state index contributed by atoms with van der Waals surface area (Å²) in [5, 5.41) is 0. The first-order valence-corrected chi connectivity index (χ1v) is 5.07. The Morgan fingerprint density at radius 1 is 1.47 bits per heavy atom. The number of aromatic nitrogens is 2. The molecule has 2 aromatic rings. The third kappa shape index (κ3) is 1.77. The van der Waals surface area contributed by atoms with E-state index in [1.807, 2.05) is 28.9 Å². The maximum atomic E-state index is 11.2. The minimum Gasteiger partial charge on any atom is -0.307 e. The highest BCUT2D eigenvalue weighted by Crippen LogP contribution is 2.15.